The molecule has 0 aliphatic carbocycles. The van der Waals surface area contributed by atoms with E-state index < -0.39 is 0 Å². The lowest BCUT2D eigenvalue weighted by molar-refractivity contribution is 0.324. The smallest absolute Gasteiger partial charge is 0.246 e. The van der Waals surface area contributed by atoms with E-state index in [1.54, 1.807) is 21.3 Å². The van der Waals surface area contributed by atoms with Gasteiger partial charge in [0.1, 0.15) is 11.3 Å². The van der Waals surface area contributed by atoms with Gasteiger partial charge in [0.05, 0.1) is 32.4 Å². The van der Waals surface area contributed by atoms with Crippen LogP contribution in [0.25, 0.3) is 33.6 Å². The monoisotopic (exact) mass is 336 g/mol. The van der Waals surface area contributed by atoms with E-state index in [0.29, 0.717) is 34.2 Å². The summed E-state index contributed by atoms with van der Waals surface area (Å²) in [6, 6.07) is 13.2. The average molecular weight is 336 g/mol. The molecule has 0 saturated heterocycles. The Hall–Kier alpha value is -3.28. The minimum atomic E-state index is 0.488. The van der Waals surface area contributed by atoms with Crippen LogP contribution in [0.2, 0.25) is 0 Å². The predicted octanol–water partition coefficient (Wildman–Crippen LogP) is 4.07. The third-order valence-electron chi connectivity index (χ3n) is 3.99. The van der Waals surface area contributed by atoms with Crippen molar-refractivity contribution in [3.8, 4) is 28.6 Å². The molecule has 0 unspecified atom stereocenters. The van der Waals surface area contributed by atoms with Crippen LogP contribution < -0.4 is 14.2 Å². The molecule has 0 bridgehead atoms. The van der Waals surface area contributed by atoms with E-state index in [0.717, 1.165) is 16.6 Å². The van der Waals surface area contributed by atoms with Crippen LogP contribution in [0.1, 0.15) is 0 Å². The summed E-state index contributed by atoms with van der Waals surface area (Å²) in [5.41, 5.74) is 3.59. The maximum Gasteiger partial charge on any atom is 0.246 e. The van der Waals surface area contributed by atoms with E-state index in [4.69, 9.17) is 18.6 Å². The Morgan fingerprint density at radius 3 is 2.00 bits per heavy atom. The van der Waals surface area contributed by atoms with E-state index in [-0.39, 0.29) is 0 Å². The lowest BCUT2D eigenvalue weighted by Gasteiger charge is -2.13. The number of benzene rings is 2. The summed E-state index contributed by atoms with van der Waals surface area (Å²) in [5, 5.41) is 0. The number of ether oxygens (including phenoxy) is 3. The number of furan rings is 1. The van der Waals surface area contributed by atoms with Crippen LogP contribution in [0, 0.1) is 0 Å². The first-order chi connectivity index (χ1) is 12.2. The zero-order valence-corrected chi connectivity index (χ0v) is 14.1. The number of methoxy groups -OCH3 is 3. The quantitative estimate of drug-likeness (QED) is 0.560. The van der Waals surface area contributed by atoms with Crippen molar-refractivity contribution >= 4 is 22.3 Å². The molecule has 0 aliphatic rings. The van der Waals surface area contributed by atoms with Crippen molar-refractivity contribution < 1.29 is 18.6 Å². The van der Waals surface area contributed by atoms with Crippen LogP contribution in [-0.2, 0) is 0 Å². The molecule has 0 saturated carbocycles. The van der Waals surface area contributed by atoms with E-state index in [9.17, 15) is 0 Å². The molecular weight excluding hydrogens is 320 g/mol. The van der Waals surface area contributed by atoms with Gasteiger partial charge in [-0.2, -0.15) is 0 Å². The first-order valence-electron chi connectivity index (χ1n) is 7.70. The lowest BCUT2D eigenvalue weighted by Crippen LogP contribution is -1.95. The predicted molar refractivity (Wildman–Crippen MR) is 94.4 cm³/mol. The van der Waals surface area contributed by atoms with Crippen LogP contribution in [0.15, 0.2) is 46.9 Å². The summed E-state index contributed by atoms with van der Waals surface area (Å²) >= 11 is 0. The molecule has 2 heterocycles. The molecule has 126 valence electrons. The molecule has 0 N–H and O–H groups in total. The summed E-state index contributed by atoms with van der Waals surface area (Å²) in [4.78, 5) is 9.13. The van der Waals surface area contributed by atoms with Crippen molar-refractivity contribution in [1.29, 1.82) is 0 Å². The summed E-state index contributed by atoms with van der Waals surface area (Å²) < 4.78 is 22.1. The molecule has 0 amide bonds. The first kappa shape index (κ1) is 15.3. The van der Waals surface area contributed by atoms with Crippen molar-refractivity contribution in [2.45, 2.75) is 0 Å². The zero-order valence-electron chi connectivity index (χ0n) is 14.1. The Labute approximate surface area is 144 Å². The van der Waals surface area contributed by atoms with Crippen LogP contribution in [0.4, 0.5) is 0 Å². The van der Waals surface area contributed by atoms with Crippen molar-refractivity contribution in [3.05, 3.63) is 42.5 Å². The van der Waals surface area contributed by atoms with Gasteiger partial charge in [-0.05, 0) is 24.3 Å². The van der Waals surface area contributed by atoms with Crippen LogP contribution in [0.5, 0.6) is 17.2 Å². The molecule has 0 aliphatic heterocycles. The molecule has 6 nitrogen and oxygen atoms in total. The van der Waals surface area contributed by atoms with Gasteiger partial charge in [0.15, 0.2) is 11.5 Å². The van der Waals surface area contributed by atoms with Gasteiger partial charge in [0.2, 0.25) is 11.5 Å². The number of para-hydroxylation sites is 2. The Kier molecular flexibility index (Phi) is 3.65. The largest absolute Gasteiger partial charge is 0.493 e. The number of rotatable bonds is 4. The second-order valence-corrected chi connectivity index (χ2v) is 5.43. The van der Waals surface area contributed by atoms with Gasteiger partial charge < -0.3 is 18.6 Å². The van der Waals surface area contributed by atoms with Gasteiger partial charge in [-0.15, -0.1) is 0 Å². The fraction of sp³-hybridized carbons (Fsp3) is 0.158. The highest BCUT2D eigenvalue weighted by molar-refractivity contribution is 5.86. The van der Waals surface area contributed by atoms with Crippen molar-refractivity contribution in [3.63, 3.8) is 0 Å². The zero-order chi connectivity index (χ0) is 17.4. The second-order valence-electron chi connectivity index (χ2n) is 5.43. The molecular formula is C19H16N2O4. The second kappa shape index (κ2) is 5.98. The molecule has 4 rings (SSSR count). The van der Waals surface area contributed by atoms with Crippen LogP contribution in [0.3, 0.4) is 0 Å². The maximum atomic E-state index is 5.91. The van der Waals surface area contributed by atoms with Crippen molar-refractivity contribution in [2.24, 2.45) is 0 Å². The van der Waals surface area contributed by atoms with Gasteiger partial charge in [0.25, 0.3) is 0 Å². The minimum absolute atomic E-state index is 0.488. The molecule has 0 radical (unpaired) electrons. The molecule has 6 heteroatoms. The van der Waals surface area contributed by atoms with Gasteiger partial charge in [-0.1, -0.05) is 12.1 Å². The molecule has 0 spiro atoms. The topological polar surface area (TPSA) is 66.6 Å². The SMILES string of the molecule is COc1cc(-c2cc3nc4ccccc4nc3o2)cc(OC)c1OC. The fourth-order valence-electron chi connectivity index (χ4n) is 2.79. The first-order valence-corrected chi connectivity index (χ1v) is 7.70. The average Bonchev–Trinajstić information content (AvgIpc) is 3.07. The highest BCUT2D eigenvalue weighted by Crippen LogP contribution is 2.42. The summed E-state index contributed by atoms with van der Waals surface area (Å²) in [7, 11) is 4.73. The third kappa shape index (κ3) is 2.52. The number of hydrogen-bond donors (Lipinski definition) is 0. The summed E-state index contributed by atoms with van der Waals surface area (Å²) in [5.74, 6) is 2.28. The molecule has 0 atom stereocenters. The Balaban J connectivity index is 1.90. The van der Waals surface area contributed by atoms with Crippen LogP contribution >= 0.6 is 0 Å². The normalized spacial score (nSPS) is 11.0. The van der Waals surface area contributed by atoms with E-state index in [1.807, 2.05) is 42.5 Å². The molecule has 2 aromatic carbocycles. The molecule has 25 heavy (non-hydrogen) atoms. The highest BCUT2D eigenvalue weighted by Gasteiger charge is 2.17. The Morgan fingerprint density at radius 1 is 0.760 bits per heavy atom. The van der Waals surface area contributed by atoms with Crippen molar-refractivity contribution in [2.75, 3.05) is 21.3 Å². The Morgan fingerprint density at radius 2 is 1.40 bits per heavy atom. The number of aromatic nitrogens is 2. The van der Waals surface area contributed by atoms with E-state index in [1.165, 1.54) is 0 Å². The molecule has 0 fully saturated rings. The van der Waals surface area contributed by atoms with E-state index >= 15 is 0 Å². The number of fused-ring (bicyclic) bond motifs is 2. The molecule has 4 aromatic rings. The van der Waals surface area contributed by atoms with Crippen LogP contribution in [-0.4, -0.2) is 31.3 Å². The van der Waals surface area contributed by atoms with Crippen molar-refractivity contribution in [1.82, 2.24) is 9.97 Å². The number of hydrogen-bond acceptors (Lipinski definition) is 6. The Bertz CT molecular complexity index is 994. The van der Waals surface area contributed by atoms with Gasteiger partial charge >= 0.3 is 0 Å². The molecule has 2 aromatic heterocycles. The summed E-state index contributed by atoms with van der Waals surface area (Å²) in [6.07, 6.45) is 0. The maximum absolute atomic E-state index is 5.91. The minimum Gasteiger partial charge on any atom is -0.493 e. The van der Waals surface area contributed by atoms with Gasteiger partial charge in [-0.3, -0.25) is 0 Å². The van der Waals surface area contributed by atoms with Gasteiger partial charge in [-0.25, -0.2) is 9.97 Å². The fourth-order valence-corrected chi connectivity index (χ4v) is 2.79. The van der Waals surface area contributed by atoms with E-state index in [2.05, 4.69) is 9.97 Å². The van der Waals surface area contributed by atoms with Gasteiger partial charge in [0, 0.05) is 11.6 Å². The standard InChI is InChI=1S/C19H16N2O4/c1-22-16-8-11(9-17(23-2)18(16)24-3)15-10-14-19(25-15)21-13-7-5-4-6-12(13)20-14/h4-10H,1-3H3. The third-order valence-corrected chi connectivity index (χ3v) is 3.99. The number of nitrogens with zero attached hydrogens (tertiary/aromatic N) is 2. The summed E-state index contributed by atoms with van der Waals surface area (Å²) in [6.45, 7) is 0. The highest BCUT2D eigenvalue weighted by atomic mass is 16.5. The lowest BCUT2D eigenvalue weighted by atomic mass is 10.1.